The average molecular weight is 354 g/mol. The molecular formula is C13H6BF7O3. The van der Waals surface area contributed by atoms with E-state index in [9.17, 15) is 30.7 Å². The monoisotopic (exact) mass is 354 g/mol. The van der Waals surface area contributed by atoms with E-state index in [4.69, 9.17) is 10.0 Å². The largest absolute Gasteiger partial charge is 0.489 e. The molecule has 0 amide bonds. The van der Waals surface area contributed by atoms with Crippen LogP contribution in [0.5, 0.6) is 5.75 Å². The molecule has 2 N–H and O–H groups in total. The predicted molar refractivity (Wildman–Crippen MR) is 67.0 cm³/mol. The van der Waals surface area contributed by atoms with Crippen molar-refractivity contribution in [1.82, 2.24) is 0 Å². The van der Waals surface area contributed by atoms with E-state index in [0.29, 0.717) is 0 Å². The molecule has 3 nitrogen and oxygen atoms in total. The van der Waals surface area contributed by atoms with Gasteiger partial charge in [-0.25, -0.2) is 22.0 Å². The Bertz CT molecular complexity index is 759. The van der Waals surface area contributed by atoms with Crippen LogP contribution in [0, 0.1) is 29.1 Å². The van der Waals surface area contributed by atoms with E-state index in [1.165, 1.54) is 0 Å². The van der Waals surface area contributed by atoms with Gasteiger partial charge in [-0.15, -0.1) is 0 Å². The van der Waals surface area contributed by atoms with Gasteiger partial charge in [0.1, 0.15) is 17.4 Å². The summed E-state index contributed by atoms with van der Waals surface area (Å²) in [7, 11) is -2.69. The molecule has 0 unspecified atom stereocenters. The van der Waals surface area contributed by atoms with E-state index in [-0.39, 0.29) is 24.3 Å². The molecule has 0 saturated carbocycles. The van der Waals surface area contributed by atoms with Crippen LogP contribution in [-0.2, 0) is 6.11 Å². The van der Waals surface area contributed by atoms with Crippen LogP contribution in [0.2, 0.25) is 0 Å². The summed E-state index contributed by atoms with van der Waals surface area (Å²) in [6.45, 7) is 0. The first-order chi connectivity index (χ1) is 11.0. The van der Waals surface area contributed by atoms with Crippen LogP contribution in [0.4, 0.5) is 30.7 Å². The Balaban J connectivity index is 2.52. The van der Waals surface area contributed by atoms with Crippen molar-refractivity contribution in [2.45, 2.75) is 6.11 Å². The molecule has 2 aromatic carbocycles. The molecule has 0 fully saturated rings. The first kappa shape index (κ1) is 18.1. The SMILES string of the molecule is OB(O)c1cc(F)cc(F)c1C(F)(F)Oc1cc(F)c(F)c(F)c1. The zero-order valence-electron chi connectivity index (χ0n) is 11.3. The number of benzene rings is 2. The van der Waals surface area contributed by atoms with Gasteiger partial charge in [0.15, 0.2) is 17.5 Å². The molecule has 0 spiro atoms. The van der Waals surface area contributed by atoms with Crippen molar-refractivity contribution >= 4 is 12.6 Å². The minimum absolute atomic E-state index is 0.0182. The van der Waals surface area contributed by atoms with Gasteiger partial charge >= 0.3 is 13.2 Å². The van der Waals surface area contributed by atoms with Gasteiger partial charge in [0.25, 0.3) is 0 Å². The van der Waals surface area contributed by atoms with Crippen molar-refractivity contribution in [3.05, 3.63) is 58.9 Å². The summed E-state index contributed by atoms with van der Waals surface area (Å²) in [5.41, 5.74) is -3.02. The molecule has 2 rings (SSSR count). The molecule has 128 valence electrons. The zero-order valence-corrected chi connectivity index (χ0v) is 11.3. The third kappa shape index (κ3) is 3.46. The smallest absolute Gasteiger partial charge is 0.429 e. The second-order valence-electron chi connectivity index (χ2n) is 4.55. The van der Waals surface area contributed by atoms with Gasteiger partial charge in [0, 0.05) is 23.7 Å². The standard InChI is InChI=1S/C13H6BF7O3/c15-5-1-7(14(22)23)11(8(16)2-5)13(20,21)24-6-3-9(17)12(19)10(18)4-6/h1-4,22-23H. The first-order valence-electron chi connectivity index (χ1n) is 6.10. The Morgan fingerprint density at radius 3 is 1.88 bits per heavy atom. The number of alkyl halides is 2. The lowest BCUT2D eigenvalue weighted by Crippen LogP contribution is -2.40. The highest BCUT2D eigenvalue weighted by atomic mass is 19.3. The topological polar surface area (TPSA) is 49.7 Å². The molecule has 0 radical (unpaired) electrons. The fourth-order valence-electron chi connectivity index (χ4n) is 1.89. The summed E-state index contributed by atoms with van der Waals surface area (Å²) in [5, 5.41) is 17.9. The number of halogens is 7. The van der Waals surface area contributed by atoms with Crippen LogP contribution in [0.1, 0.15) is 5.56 Å². The van der Waals surface area contributed by atoms with Crippen LogP contribution < -0.4 is 10.2 Å². The second kappa shape index (κ2) is 6.32. The molecule has 2 aromatic rings. The normalized spacial score (nSPS) is 11.5. The zero-order chi connectivity index (χ0) is 18.2. The van der Waals surface area contributed by atoms with Gasteiger partial charge in [-0.1, -0.05) is 0 Å². The fraction of sp³-hybridized carbons (Fsp3) is 0.0769. The van der Waals surface area contributed by atoms with Crippen LogP contribution in [0.25, 0.3) is 0 Å². The minimum atomic E-state index is -4.69. The summed E-state index contributed by atoms with van der Waals surface area (Å²) < 4.78 is 97.6. The number of rotatable bonds is 4. The summed E-state index contributed by atoms with van der Waals surface area (Å²) in [6.07, 6.45) is -4.69. The maximum absolute atomic E-state index is 14.1. The minimum Gasteiger partial charge on any atom is -0.429 e. The van der Waals surface area contributed by atoms with Crippen LogP contribution >= 0.6 is 0 Å². The summed E-state index contributed by atoms with van der Waals surface area (Å²) in [4.78, 5) is 0. The summed E-state index contributed by atoms with van der Waals surface area (Å²) >= 11 is 0. The Kier molecular flexibility index (Phi) is 4.76. The molecule has 0 atom stereocenters. The molecule has 0 aliphatic rings. The highest BCUT2D eigenvalue weighted by Gasteiger charge is 2.43. The summed E-state index contributed by atoms with van der Waals surface area (Å²) in [5.74, 6) is -10.1. The Labute approximate surface area is 130 Å². The Hall–Kier alpha value is -2.27. The lowest BCUT2D eigenvalue weighted by atomic mass is 9.76. The maximum Gasteiger partial charge on any atom is 0.489 e. The van der Waals surface area contributed by atoms with Crippen molar-refractivity contribution in [2.24, 2.45) is 0 Å². The molecule has 0 aliphatic carbocycles. The third-order valence-electron chi connectivity index (χ3n) is 2.86. The molecule has 0 saturated heterocycles. The molecule has 0 heterocycles. The van der Waals surface area contributed by atoms with Crippen LogP contribution in [0.3, 0.4) is 0 Å². The van der Waals surface area contributed by atoms with E-state index in [1.54, 1.807) is 0 Å². The van der Waals surface area contributed by atoms with E-state index >= 15 is 0 Å². The van der Waals surface area contributed by atoms with Crippen LogP contribution in [0.15, 0.2) is 24.3 Å². The van der Waals surface area contributed by atoms with Crippen molar-refractivity contribution in [3.63, 3.8) is 0 Å². The quantitative estimate of drug-likeness (QED) is 0.503. The maximum atomic E-state index is 14.1. The fourth-order valence-corrected chi connectivity index (χ4v) is 1.89. The van der Waals surface area contributed by atoms with Gasteiger partial charge in [0.2, 0.25) is 0 Å². The lowest BCUT2D eigenvalue weighted by molar-refractivity contribution is -0.187. The lowest BCUT2D eigenvalue weighted by Gasteiger charge is -2.21. The van der Waals surface area contributed by atoms with Crippen LogP contribution in [-0.4, -0.2) is 17.2 Å². The molecule has 24 heavy (non-hydrogen) atoms. The highest BCUT2D eigenvalue weighted by molar-refractivity contribution is 6.59. The molecule has 0 bridgehead atoms. The van der Waals surface area contributed by atoms with E-state index in [1.807, 2.05) is 0 Å². The second-order valence-corrected chi connectivity index (χ2v) is 4.55. The first-order valence-corrected chi connectivity index (χ1v) is 6.10. The number of ether oxygens (including phenoxy) is 1. The third-order valence-corrected chi connectivity index (χ3v) is 2.86. The predicted octanol–water partition coefficient (Wildman–Crippen LogP) is 2.19. The summed E-state index contributed by atoms with van der Waals surface area (Å²) in [6, 6.07) is 0.377. The van der Waals surface area contributed by atoms with E-state index in [2.05, 4.69) is 4.74 Å². The van der Waals surface area contributed by atoms with Crippen molar-refractivity contribution < 1.29 is 45.5 Å². The van der Waals surface area contributed by atoms with E-state index in [0.717, 1.165) is 0 Å². The van der Waals surface area contributed by atoms with Crippen molar-refractivity contribution in [1.29, 1.82) is 0 Å². The highest BCUT2D eigenvalue weighted by Crippen LogP contribution is 2.33. The molecule has 0 aliphatic heterocycles. The average Bonchev–Trinajstić information content (AvgIpc) is 2.42. The van der Waals surface area contributed by atoms with Gasteiger partial charge in [-0.3, -0.25) is 0 Å². The molecule has 0 aromatic heterocycles. The van der Waals surface area contributed by atoms with Gasteiger partial charge in [0.05, 0.1) is 5.56 Å². The van der Waals surface area contributed by atoms with Crippen molar-refractivity contribution in [2.75, 3.05) is 0 Å². The number of hydrogen-bond acceptors (Lipinski definition) is 3. The number of hydrogen-bond donors (Lipinski definition) is 2. The molecule has 11 heteroatoms. The van der Waals surface area contributed by atoms with Gasteiger partial charge in [-0.2, -0.15) is 8.78 Å². The van der Waals surface area contributed by atoms with Crippen molar-refractivity contribution in [3.8, 4) is 5.75 Å². The van der Waals surface area contributed by atoms with Gasteiger partial charge < -0.3 is 14.8 Å². The van der Waals surface area contributed by atoms with E-state index < -0.39 is 59.1 Å². The van der Waals surface area contributed by atoms with Gasteiger partial charge in [-0.05, 0) is 6.07 Å². The Morgan fingerprint density at radius 1 is 0.833 bits per heavy atom. The Morgan fingerprint density at radius 2 is 1.38 bits per heavy atom. The molecular weight excluding hydrogens is 348 g/mol.